The number of likely N-dealkylation sites (tertiary alicyclic amines) is 1. The summed E-state index contributed by atoms with van der Waals surface area (Å²) < 4.78 is 7.29. The molecule has 1 aromatic carbocycles. The van der Waals surface area contributed by atoms with Crippen LogP contribution >= 0.6 is 11.6 Å². The molecule has 27 heavy (non-hydrogen) atoms. The lowest BCUT2D eigenvalue weighted by Crippen LogP contribution is -2.39. The molecule has 1 aliphatic heterocycles. The largest absolute Gasteiger partial charge is 0.341 e. The Hall–Kier alpha value is -2.60. The fourth-order valence-electron chi connectivity index (χ4n) is 3.32. The first-order valence-corrected chi connectivity index (χ1v) is 9.51. The van der Waals surface area contributed by atoms with Crippen molar-refractivity contribution in [2.45, 2.75) is 26.3 Å². The number of carbonyl (C=O) groups excluding carboxylic acids is 1. The van der Waals surface area contributed by atoms with Gasteiger partial charge in [-0.3, -0.25) is 4.79 Å². The second-order valence-corrected chi connectivity index (χ2v) is 7.45. The predicted octanol–water partition coefficient (Wildman–Crippen LogP) is 4.12. The quantitative estimate of drug-likeness (QED) is 0.678. The van der Waals surface area contributed by atoms with Crippen LogP contribution in [0.25, 0.3) is 23.0 Å². The second kappa shape index (κ2) is 7.56. The van der Waals surface area contributed by atoms with Crippen LogP contribution in [0.4, 0.5) is 0 Å². The van der Waals surface area contributed by atoms with Crippen LogP contribution < -0.4 is 0 Å². The van der Waals surface area contributed by atoms with E-state index in [1.807, 2.05) is 39.9 Å². The molecule has 0 atom stereocenters. The average Bonchev–Trinajstić information content (AvgIpc) is 3.31. The van der Waals surface area contributed by atoms with Crippen molar-refractivity contribution >= 4 is 17.5 Å². The molecule has 140 valence electrons. The highest BCUT2D eigenvalue weighted by Crippen LogP contribution is 2.25. The van der Waals surface area contributed by atoms with Crippen molar-refractivity contribution in [3.63, 3.8) is 0 Å². The lowest BCUT2D eigenvalue weighted by atomic mass is 9.99. The van der Waals surface area contributed by atoms with E-state index in [4.69, 9.17) is 16.1 Å². The Bertz CT molecular complexity index is 941. The fourth-order valence-corrected chi connectivity index (χ4v) is 3.51. The Morgan fingerprint density at radius 3 is 2.85 bits per heavy atom. The molecule has 7 heteroatoms. The number of halogens is 1. The van der Waals surface area contributed by atoms with Crippen LogP contribution in [0, 0.1) is 5.92 Å². The summed E-state index contributed by atoms with van der Waals surface area (Å²) in [7, 11) is 0. The number of benzene rings is 1. The molecule has 0 unspecified atom stereocenters. The van der Waals surface area contributed by atoms with Gasteiger partial charge in [-0.05, 0) is 43.0 Å². The van der Waals surface area contributed by atoms with E-state index in [1.54, 1.807) is 12.1 Å². The average molecular weight is 385 g/mol. The smallest absolute Gasteiger partial charge is 0.274 e. The molecule has 6 nitrogen and oxygen atoms in total. The van der Waals surface area contributed by atoms with Gasteiger partial charge in [-0.25, -0.2) is 0 Å². The van der Waals surface area contributed by atoms with Crippen molar-refractivity contribution in [1.82, 2.24) is 19.6 Å². The molecule has 0 aliphatic carbocycles. The van der Waals surface area contributed by atoms with Gasteiger partial charge in [-0.2, -0.15) is 4.98 Å². The Balaban J connectivity index is 1.51. The van der Waals surface area contributed by atoms with E-state index in [9.17, 15) is 4.79 Å². The molecule has 3 aromatic rings. The Morgan fingerprint density at radius 2 is 2.07 bits per heavy atom. The number of piperidine rings is 1. The molecule has 0 spiro atoms. The molecular weight excluding hydrogens is 364 g/mol. The minimum atomic E-state index is 0.119. The van der Waals surface area contributed by atoms with Crippen molar-refractivity contribution in [2.75, 3.05) is 13.1 Å². The zero-order valence-electron chi connectivity index (χ0n) is 15.1. The van der Waals surface area contributed by atoms with Crippen LogP contribution in [-0.4, -0.2) is 38.6 Å². The maximum atomic E-state index is 12.6. The van der Waals surface area contributed by atoms with E-state index < -0.39 is 0 Å². The van der Waals surface area contributed by atoms with Crippen molar-refractivity contribution in [3.05, 3.63) is 47.6 Å². The third-order valence-corrected chi connectivity index (χ3v) is 5.23. The molecule has 0 bridgehead atoms. The summed E-state index contributed by atoms with van der Waals surface area (Å²) in [4.78, 5) is 19.1. The summed E-state index contributed by atoms with van der Waals surface area (Å²) in [6.07, 6.45) is 4.00. The van der Waals surface area contributed by atoms with Crippen LogP contribution in [0.2, 0.25) is 5.02 Å². The number of carbonyl (C=O) groups is 1. The molecule has 1 aliphatic rings. The van der Waals surface area contributed by atoms with Gasteiger partial charge in [0.05, 0.1) is 0 Å². The monoisotopic (exact) mass is 384 g/mol. The lowest BCUT2D eigenvalue weighted by Gasteiger charge is -2.30. The number of hydrogen-bond donors (Lipinski definition) is 0. The molecule has 4 rings (SSSR count). The van der Waals surface area contributed by atoms with Crippen molar-refractivity contribution in [2.24, 2.45) is 5.92 Å². The van der Waals surface area contributed by atoms with Crippen LogP contribution in [0.5, 0.6) is 0 Å². The summed E-state index contributed by atoms with van der Waals surface area (Å²) in [5.41, 5.74) is 1.52. The van der Waals surface area contributed by atoms with E-state index >= 15 is 0 Å². The molecule has 1 saturated heterocycles. The van der Waals surface area contributed by atoms with Crippen LogP contribution in [-0.2, 0) is 11.3 Å². The summed E-state index contributed by atoms with van der Waals surface area (Å²) in [5, 5.41) is 4.66. The normalized spacial score (nSPS) is 15.3. The summed E-state index contributed by atoms with van der Waals surface area (Å²) in [6, 6.07) is 11.1. The number of rotatable bonds is 4. The van der Waals surface area contributed by atoms with Crippen LogP contribution in [0.3, 0.4) is 0 Å². The highest BCUT2D eigenvalue weighted by atomic mass is 35.5. The van der Waals surface area contributed by atoms with Crippen molar-refractivity contribution in [1.29, 1.82) is 0 Å². The third-order valence-electron chi connectivity index (χ3n) is 5.00. The van der Waals surface area contributed by atoms with Crippen molar-refractivity contribution < 1.29 is 9.32 Å². The van der Waals surface area contributed by atoms with E-state index in [0.717, 1.165) is 37.2 Å². The van der Waals surface area contributed by atoms with Gasteiger partial charge in [-0.1, -0.05) is 35.8 Å². The van der Waals surface area contributed by atoms with Crippen molar-refractivity contribution in [3.8, 4) is 23.0 Å². The molecule has 1 amide bonds. The molecule has 0 radical (unpaired) electrons. The first-order chi connectivity index (χ1) is 13.1. The Labute approximate surface area is 162 Å². The lowest BCUT2D eigenvalue weighted by molar-refractivity contribution is -0.133. The van der Waals surface area contributed by atoms with Crippen LogP contribution in [0.15, 0.2) is 47.1 Å². The van der Waals surface area contributed by atoms with Gasteiger partial charge in [0.1, 0.15) is 12.2 Å². The van der Waals surface area contributed by atoms with E-state index in [1.165, 1.54) is 0 Å². The maximum Gasteiger partial charge on any atom is 0.274 e. The predicted molar refractivity (Wildman–Crippen MR) is 103 cm³/mol. The zero-order chi connectivity index (χ0) is 18.8. The first kappa shape index (κ1) is 17.8. The minimum Gasteiger partial charge on any atom is -0.341 e. The highest BCUT2D eigenvalue weighted by Gasteiger charge is 2.22. The molecular formula is C20H21ClN4O2. The third kappa shape index (κ3) is 3.90. The van der Waals surface area contributed by atoms with Gasteiger partial charge in [-0.15, -0.1) is 0 Å². The van der Waals surface area contributed by atoms with Gasteiger partial charge < -0.3 is 14.0 Å². The zero-order valence-corrected chi connectivity index (χ0v) is 15.9. The summed E-state index contributed by atoms with van der Waals surface area (Å²) in [5.74, 6) is 1.67. The molecule has 3 heterocycles. The van der Waals surface area contributed by atoms with Gasteiger partial charge in [0, 0.05) is 29.9 Å². The second-order valence-electron chi connectivity index (χ2n) is 7.02. The standard InChI is InChI=1S/C20H21ClN4O2/c1-14-7-10-24(11-8-14)18(26)13-25-9-3-6-17(25)20-22-19(23-27-20)15-4-2-5-16(21)12-15/h2-6,9,12,14H,7-8,10-11,13H2,1H3. The maximum absolute atomic E-state index is 12.6. The Kier molecular flexibility index (Phi) is 4.99. The molecule has 0 N–H and O–H groups in total. The molecule has 1 fully saturated rings. The SMILES string of the molecule is CC1CCN(C(=O)Cn2cccc2-c2nc(-c3cccc(Cl)c3)no2)CC1. The fraction of sp³-hybridized carbons (Fsp3) is 0.350. The number of aromatic nitrogens is 3. The van der Waals surface area contributed by atoms with E-state index in [-0.39, 0.29) is 12.5 Å². The number of nitrogens with zero attached hydrogens (tertiary/aromatic N) is 4. The number of amides is 1. The Morgan fingerprint density at radius 1 is 1.26 bits per heavy atom. The first-order valence-electron chi connectivity index (χ1n) is 9.13. The summed E-state index contributed by atoms with van der Waals surface area (Å²) in [6.45, 7) is 4.16. The highest BCUT2D eigenvalue weighted by molar-refractivity contribution is 6.30. The van der Waals surface area contributed by atoms with Crippen LogP contribution in [0.1, 0.15) is 19.8 Å². The molecule has 2 aromatic heterocycles. The summed E-state index contributed by atoms with van der Waals surface area (Å²) >= 11 is 6.03. The van der Waals surface area contributed by atoms with Gasteiger partial charge >= 0.3 is 0 Å². The van der Waals surface area contributed by atoms with Gasteiger partial charge in [0.25, 0.3) is 5.89 Å². The van der Waals surface area contributed by atoms with Gasteiger partial charge in [0.15, 0.2) is 0 Å². The number of hydrogen-bond acceptors (Lipinski definition) is 4. The van der Waals surface area contributed by atoms with E-state index in [0.29, 0.717) is 22.7 Å². The topological polar surface area (TPSA) is 64.2 Å². The van der Waals surface area contributed by atoms with Gasteiger partial charge in [0.2, 0.25) is 11.7 Å². The van der Waals surface area contributed by atoms with E-state index in [2.05, 4.69) is 17.1 Å². The minimum absolute atomic E-state index is 0.119. The molecule has 0 saturated carbocycles.